The molecule has 2 fully saturated rings. The monoisotopic (exact) mass is 458 g/mol. The number of ether oxygens (including phenoxy) is 1. The van der Waals surface area contributed by atoms with Gasteiger partial charge in [0.1, 0.15) is 11.2 Å². The number of fused-ring (bicyclic) bond motifs is 3. The van der Waals surface area contributed by atoms with Crippen LogP contribution in [0.4, 0.5) is 0 Å². The molecule has 0 spiro atoms. The molecule has 0 bridgehead atoms. The smallest absolute Gasteiger partial charge is 0.271 e. The van der Waals surface area contributed by atoms with E-state index in [4.69, 9.17) is 4.74 Å². The van der Waals surface area contributed by atoms with E-state index >= 15 is 0 Å². The van der Waals surface area contributed by atoms with E-state index in [1.54, 1.807) is 11.3 Å². The number of nitrogens with one attached hydrogen (secondary N) is 1. The predicted molar refractivity (Wildman–Crippen MR) is 126 cm³/mol. The third-order valence-electron chi connectivity index (χ3n) is 7.44. The summed E-state index contributed by atoms with van der Waals surface area (Å²) in [6.07, 6.45) is 6.51. The van der Waals surface area contributed by atoms with Crippen molar-refractivity contribution < 1.29 is 14.3 Å². The van der Waals surface area contributed by atoms with Gasteiger partial charge in [-0.25, -0.2) is 0 Å². The van der Waals surface area contributed by atoms with Crippen molar-refractivity contribution in [3.8, 4) is 0 Å². The van der Waals surface area contributed by atoms with E-state index < -0.39 is 5.54 Å². The molecule has 1 saturated carbocycles. The largest absolute Gasteiger partial charge is 0.379 e. The summed E-state index contributed by atoms with van der Waals surface area (Å²) in [7, 11) is 0. The minimum atomic E-state index is -0.888. The molecular weight excluding hydrogens is 424 g/mol. The van der Waals surface area contributed by atoms with Gasteiger partial charge in [0.25, 0.3) is 5.91 Å². The average molecular weight is 459 g/mol. The Morgan fingerprint density at radius 2 is 2.00 bits per heavy atom. The zero-order valence-corrected chi connectivity index (χ0v) is 19.8. The molecular formula is C24H34N4O3S. The SMILES string of the molecule is CC1(C(=O)NC2CCCCC2)Cn2c(cc3sccc32)C(=O)N1CCCN1CCOCC1. The van der Waals surface area contributed by atoms with E-state index in [0.29, 0.717) is 18.8 Å². The Balaban J connectivity index is 1.38. The molecule has 2 amide bonds. The Labute approximate surface area is 193 Å². The Morgan fingerprint density at radius 1 is 1.22 bits per heavy atom. The van der Waals surface area contributed by atoms with Crippen molar-refractivity contribution in [3.63, 3.8) is 0 Å². The molecule has 8 heteroatoms. The van der Waals surface area contributed by atoms with Crippen molar-refractivity contribution in [2.24, 2.45) is 0 Å². The van der Waals surface area contributed by atoms with Crippen LogP contribution in [0, 0.1) is 0 Å². The van der Waals surface area contributed by atoms with Crippen molar-refractivity contribution in [1.29, 1.82) is 0 Å². The molecule has 0 radical (unpaired) electrons. The Morgan fingerprint density at radius 3 is 2.78 bits per heavy atom. The first-order chi connectivity index (χ1) is 15.6. The van der Waals surface area contributed by atoms with Gasteiger partial charge in [-0.1, -0.05) is 19.3 Å². The third-order valence-corrected chi connectivity index (χ3v) is 8.29. The maximum absolute atomic E-state index is 13.7. The highest BCUT2D eigenvalue weighted by molar-refractivity contribution is 7.17. The Kier molecular flexibility index (Phi) is 6.27. The van der Waals surface area contributed by atoms with E-state index in [2.05, 4.69) is 26.2 Å². The van der Waals surface area contributed by atoms with Crippen LogP contribution in [0.15, 0.2) is 17.5 Å². The molecule has 2 aromatic rings. The number of hydrogen-bond acceptors (Lipinski definition) is 5. The van der Waals surface area contributed by atoms with Gasteiger partial charge in [-0.05, 0) is 43.7 Å². The number of thiophene rings is 1. The number of morpholine rings is 1. The van der Waals surface area contributed by atoms with Crippen LogP contribution in [-0.4, -0.2) is 77.2 Å². The number of rotatable bonds is 6. The van der Waals surface area contributed by atoms with E-state index in [1.807, 2.05) is 17.9 Å². The van der Waals surface area contributed by atoms with Gasteiger partial charge in [-0.15, -0.1) is 11.3 Å². The van der Waals surface area contributed by atoms with Crippen LogP contribution in [-0.2, 0) is 16.1 Å². The number of carbonyl (C=O) groups excluding carboxylic acids is 2. The molecule has 4 heterocycles. The number of aromatic nitrogens is 1. The van der Waals surface area contributed by atoms with E-state index in [0.717, 1.165) is 62.3 Å². The Bertz CT molecular complexity index is 973. The molecule has 0 aromatic carbocycles. The lowest BCUT2D eigenvalue weighted by Gasteiger charge is -2.45. The van der Waals surface area contributed by atoms with Gasteiger partial charge in [0, 0.05) is 32.2 Å². The normalized spacial score (nSPS) is 25.3. The highest BCUT2D eigenvalue weighted by Crippen LogP contribution is 2.34. The van der Waals surface area contributed by atoms with E-state index in [1.165, 1.54) is 19.3 Å². The first kappa shape index (κ1) is 21.9. The van der Waals surface area contributed by atoms with Crippen LogP contribution in [0.3, 0.4) is 0 Å². The number of amides is 2. The molecule has 7 nitrogen and oxygen atoms in total. The summed E-state index contributed by atoms with van der Waals surface area (Å²) >= 11 is 1.65. The maximum Gasteiger partial charge on any atom is 0.271 e. The lowest BCUT2D eigenvalue weighted by molar-refractivity contribution is -0.133. The lowest BCUT2D eigenvalue weighted by atomic mass is 9.91. The van der Waals surface area contributed by atoms with Crippen LogP contribution in [0.1, 0.15) is 55.9 Å². The third kappa shape index (κ3) is 4.08. The molecule has 2 aliphatic heterocycles. The summed E-state index contributed by atoms with van der Waals surface area (Å²) in [6.45, 7) is 7.39. The average Bonchev–Trinajstić information content (AvgIpc) is 3.40. The molecule has 3 aliphatic rings. The zero-order valence-electron chi connectivity index (χ0n) is 19.0. The molecule has 1 N–H and O–H groups in total. The number of hydrogen-bond donors (Lipinski definition) is 1. The van der Waals surface area contributed by atoms with Crippen molar-refractivity contribution in [1.82, 2.24) is 19.7 Å². The van der Waals surface area contributed by atoms with Gasteiger partial charge in [0.15, 0.2) is 0 Å². The highest BCUT2D eigenvalue weighted by atomic mass is 32.1. The summed E-state index contributed by atoms with van der Waals surface area (Å²) in [5.74, 6) is -0.0326. The molecule has 2 aromatic heterocycles. The van der Waals surface area contributed by atoms with Gasteiger partial charge in [-0.3, -0.25) is 14.5 Å². The van der Waals surface area contributed by atoms with Gasteiger partial charge in [0.2, 0.25) is 5.91 Å². The van der Waals surface area contributed by atoms with Crippen LogP contribution < -0.4 is 5.32 Å². The second kappa shape index (κ2) is 9.15. The molecule has 1 aliphatic carbocycles. The molecule has 1 unspecified atom stereocenters. The van der Waals surface area contributed by atoms with Crippen LogP contribution in [0.5, 0.6) is 0 Å². The molecule has 32 heavy (non-hydrogen) atoms. The van der Waals surface area contributed by atoms with Crippen molar-refractivity contribution in [2.75, 3.05) is 39.4 Å². The molecule has 5 rings (SSSR count). The first-order valence-electron chi connectivity index (χ1n) is 12.1. The lowest BCUT2D eigenvalue weighted by Crippen LogP contribution is -2.65. The van der Waals surface area contributed by atoms with Gasteiger partial charge >= 0.3 is 0 Å². The summed E-state index contributed by atoms with van der Waals surface area (Å²) in [5.41, 5.74) is 0.879. The molecule has 174 valence electrons. The molecule has 1 saturated heterocycles. The minimum Gasteiger partial charge on any atom is -0.379 e. The molecule has 1 atom stereocenters. The van der Waals surface area contributed by atoms with E-state index in [9.17, 15) is 9.59 Å². The van der Waals surface area contributed by atoms with Gasteiger partial charge < -0.3 is 19.5 Å². The van der Waals surface area contributed by atoms with Crippen LogP contribution in [0.25, 0.3) is 10.2 Å². The quantitative estimate of drug-likeness (QED) is 0.723. The summed E-state index contributed by atoms with van der Waals surface area (Å²) < 4.78 is 8.62. The fraction of sp³-hybridized carbons (Fsp3) is 0.667. The summed E-state index contributed by atoms with van der Waals surface area (Å²) in [6, 6.07) is 4.28. The van der Waals surface area contributed by atoms with Gasteiger partial charge in [0.05, 0.1) is 30.0 Å². The predicted octanol–water partition coefficient (Wildman–Crippen LogP) is 3.09. The van der Waals surface area contributed by atoms with Crippen molar-refractivity contribution in [3.05, 3.63) is 23.2 Å². The number of carbonyl (C=O) groups is 2. The minimum absolute atomic E-state index is 0.00754. The topological polar surface area (TPSA) is 66.8 Å². The van der Waals surface area contributed by atoms with E-state index in [-0.39, 0.29) is 17.9 Å². The van der Waals surface area contributed by atoms with Crippen molar-refractivity contribution >= 4 is 33.4 Å². The second-order valence-electron chi connectivity index (χ2n) is 9.63. The first-order valence-corrected chi connectivity index (χ1v) is 12.9. The fourth-order valence-electron chi connectivity index (χ4n) is 5.49. The number of nitrogens with zero attached hydrogens (tertiary/aromatic N) is 3. The summed E-state index contributed by atoms with van der Waals surface area (Å²) in [4.78, 5) is 31.6. The van der Waals surface area contributed by atoms with Crippen LogP contribution >= 0.6 is 11.3 Å². The highest BCUT2D eigenvalue weighted by Gasteiger charge is 2.48. The zero-order chi connectivity index (χ0) is 22.1. The maximum atomic E-state index is 13.7. The fourth-order valence-corrected chi connectivity index (χ4v) is 6.31. The van der Waals surface area contributed by atoms with Gasteiger partial charge in [-0.2, -0.15) is 0 Å². The van der Waals surface area contributed by atoms with Crippen molar-refractivity contribution in [2.45, 2.75) is 63.6 Å². The summed E-state index contributed by atoms with van der Waals surface area (Å²) in [5, 5.41) is 5.37. The van der Waals surface area contributed by atoms with Crippen LogP contribution in [0.2, 0.25) is 0 Å². The second-order valence-corrected chi connectivity index (χ2v) is 10.6. The Hall–Kier alpha value is -1.90. The standard InChI is InChI=1S/C24H34N4O3S/c1-24(23(30)25-18-6-3-2-4-7-18)17-27-19-8-15-32-21(19)16-20(27)22(29)28(24)10-5-9-26-11-13-31-14-12-26/h8,15-16,18H,2-7,9-14,17H2,1H3,(H,25,30).